The van der Waals surface area contributed by atoms with Gasteiger partial charge in [0.25, 0.3) is 5.91 Å². The molecule has 0 saturated heterocycles. The second-order valence-corrected chi connectivity index (χ2v) is 11.7. The molecule has 3 N–H and O–H groups in total. The third kappa shape index (κ3) is 7.31. The number of hydrogen-bond acceptors (Lipinski definition) is 5. The number of phenols is 1. The predicted molar refractivity (Wildman–Crippen MR) is 158 cm³/mol. The first-order valence-electron chi connectivity index (χ1n) is 13.5. The van der Waals surface area contributed by atoms with Gasteiger partial charge >= 0.3 is 6.09 Å². The molecule has 3 amide bonds. The summed E-state index contributed by atoms with van der Waals surface area (Å²) in [7, 11) is 0. The zero-order valence-electron chi connectivity index (χ0n) is 24.7. The highest BCUT2D eigenvalue weighted by molar-refractivity contribution is 6.00. The molecule has 0 aromatic heterocycles. The Labute approximate surface area is 236 Å². The molecule has 40 heavy (non-hydrogen) atoms. The van der Waals surface area contributed by atoms with Gasteiger partial charge in [0.05, 0.1) is 0 Å². The number of aromatic hydroxyl groups is 1. The highest BCUT2D eigenvalue weighted by atomic mass is 16.6. The number of amides is 3. The SMILES string of the molecule is CCC(C)(C)N(C(=O)C(C)NC(=O)OC(C)(C)C)C(C(=O)Nc1ccc2ccccc2c1)c1ccc(O)c(C)c1. The van der Waals surface area contributed by atoms with E-state index in [9.17, 15) is 19.5 Å². The molecule has 3 rings (SSSR count). The Morgan fingerprint density at radius 1 is 0.950 bits per heavy atom. The number of nitrogens with one attached hydrogen (secondary N) is 2. The Balaban J connectivity index is 2.06. The molecular weight excluding hydrogens is 506 g/mol. The first-order chi connectivity index (χ1) is 18.6. The van der Waals surface area contributed by atoms with Gasteiger partial charge in [-0.1, -0.05) is 43.3 Å². The molecule has 2 unspecified atom stereocenters. The Hall–Kier alpha value is -4.07. The first-order valence-corrected chi connectivity index (χ1v) is 13.5. The number of benzene rings is 3. The normalized spacial score (nSPS) is 13.3. The van der Waals surface area contributed by atoms with Gasteiger partial charge < -0.3 is 25.4 Å². The molecule has 0 saturated carbocycles. The van der Waals surface area contributed by atoms with Gasteiger partial charge in [0.2, 0.25) is 5.91 Å². The minimum absolute atomic E-state index is 0.0880. The Morgan fingerprint density at radius 2 is 1.60 bits per heavy atom. The van der Waals surface area contributed by atoms with Crippen molar-refractivity contribution in [3.8, 4) is 5.75 Å². The van der Waals surface area contributed by atoms with E-state index in [1.54, 1.807) is 46.8 Å². The number of hydrogen-bond donors (Lipinski definition) is 3. The maximum absolute atomic E-state index is 14.1. The number of carbonyl (C=O) groups is 3. The molecule has 0 radical (unpaired) electrons. The molecule has 0 fully saturated rings. The van der Waals surface area contributed by atoms with Crippen LogP contribution < -0.4 is 10.6 Å². The summed E-state index contributed by atoms with van der Waals surface area (Å²) in [6.07, 6.45) is -0.186. The molecule has 3 aromatic rings. The largest absolute Gasteiger partial charge is 0.508 e. The lowest BCUT2D eigenvalue weighted by Crippen LogP contribution is -2.58. The number of rotatable bonds is 8. The highest BCUT2D eigenvalue weighted by Gasteiger charge is 2.42. The molecule has 0 aliphatic carbocycles. The molecule has 0 spiro atoms. The molecular formula is C32H41N3O5. The van der Waals surface area contributed by atoms with E-state index in [1.165, 1.54) is 11.0 Å². The molecule has 8 heteroatoms. The van der Waals surface area contributed by atoms with Crippen LogP contribution in [0, 0.1) is 6.92 Å². The van der Waals surface area contributed by atoms with Crippen LogP contribution in [0.15, 0.2) is 60.7 Å². The van der Waals surface area contributed by atoms with E-state index in [0.717, 1.165) is 10.8 Å². The van der Waals surface area contributed by atoms with Crippen molar-refractivity contribution in [1.82, 2.24) is 10.2 Å². The second-order valence-electron chi connectivity index (χ2n) is 11.7. The van der Waals surface area contributed by atoms with Crippen LogP contribution >= 0.6 is 0 Å². The van der Waals surface area contributed by atoms with Crippen LogP contribution in [0.5, 0.6) is 5.75 Å². The fourth-order valence-corrected chi connectivity index (χ4v) is 4.44. The number of alkyl carbamates (subject to hydrolysis) is 1. The third-order valence-electron chi connectivity index (χ3n) is 6.92. The Bertz CT molecular complexity index is 1390. The van der Waals surface area contributed by atoms with Crippen LogP contribution in [0.3, 0.4) is 0 Å². The Morgan fingerprint density at radius 3 is 2.20 bits per heavy atom. The number of fused-ring (bicyclic) bond motifs is 1. The predicted octanol–water partition coefficient (Wildman–Crippen LogP) is 6.46. The van der Waals surface area contributed by atoms with E-state index in [1.807, 2.05) is 63.2 Å². The summed E-state index contributed by atoms with van der Waals surface area (Å²) in [4.78, 5) is 42.2. The van der Waals surface area contributed by atoms with Crippen molar-refractivity contribution in [1.29, 1.82) is 0 Å². The Kier molecular flexibility index (Phi) is 9.13. The van der Waals surface area contributed by atoms with Gasteiger partial charge in [0.1, 0.15) is 23.4 Å². The van der Waals surface area contributed by atoms with Crippen molar-refractivity contribution >= 4 is 34.4 Å². The van der Waals surface area contributed by atoms with Crippen LogP contribution in [0.2, 0.25) is 0 Å². The van der Waals surface area contributed by atoms with E-state index in [2.05, 4.69) is 10.6 Å². The number of ether oxygens (including phenoxy) is 1. The van der Waals surface area contributed by atoms with Gasteiger partial charge in [0.15, 0.2) is 0 Å². The molecule has 0 aliphatic heterocycles. The first kappa shape index (κ1) is 30.5. The lowest BCUT2D eigenvalue weighted by molar-refractivity contribution is -0.147. The van der Waals surface area contributed by atoms with Gasteiger partial charge in [-0.2, -0.15) is 0 Å². The number of nitrogens with zero attached hydrogens (tertiary/aromatic N) is 1. The molecule has 8 nitrogen and oxygen atoms in total. The van der Waals surface area contributed by atoms with Gasteiger partial charge in [-0.15, -0.1) is 0 Å². The standard InChI is InChI=1S/C32H41N3O5/c1-9-32(7,8)35(29(38)21(3)33-30(39)40-31(4,5)6)27(24-15-17-26(36)20(2)18-24)28(37)34-25-16-14-22-12-10-11-13-23(22)19-25/h10-19,21,27,36H,9H2,1-8H3,(H,33,39)(H,34,37). The third-order valence-corrected chi connectivity index (χ3v) is 6.92. The van der Waals surface area contributed by atoms with Crippen molar-refractivity contribution in [2.75, 3.05) is 5.32 Å². The number of phenolic OH excluding ortho intramolecular Hbond substituents is 1. The van der Waals surface area contributed by atoms with E-state index in [-0.39, 0.29) is 5.75 Å². The van der Waals surface area contributed by atoms with Crippen molar-refractivity contribution < 1.29 is 24.2 Å². The number of carbonyl (C=O) groups excluding carboxylic acids is 3. The fourth-order valence-electron chi connectivity index (χ4n) is 4.44. The van der Waals surface area contributed by atoms with Crippen molar-refractivity contribution in [3.63, 3.8) is 0 Å². The quantitative estimate of drug-likeness (QED) is 0.300. The van der Waals surface area contributed by atoms with Crippen molar-refractivity contribution in [3.05, 3.63) is 71.8 Å². The second kappa shape index (κ2) is 12.0. The number of anilines is 1. The molecule has 0 bridgehead atoms. The summed E-state index contributed by atoms with van der Waals surface area (Å²) in [5, 5.41) is 17.8. The summed E-state index contributed by atoms with van der Waals surface area (Å²) >= 11 is 0. The lowest BCUT2D eigenvalue weighted by atomic mass is 9.91. The smallest absolute Gasteiger partial charge is 0.408 e. The fraction of sp³-hybridized carbons (Fsp3) is 0.406. The van der Waals surface area contributed by atoms with Crippen LogP contribution in [-0.4, -0.2) is 45.1 Å². The monoisotopic (exact) mass is 547 g/mol. The summed E-state index contributed by atoms with van der Waals surface area (Å²) in [5.41, 5.74) is 0.181. The minimum Gasteiger partial charge on any atom is -0.508 e. The van der Waals surface area contributed by atoms with Crippen LogP contribution in [-0.2, 0) is 14.3 Å². The summed E-state index contributed by atoms with van der Waals surface area (Å²) in [5.74, 6) is -0.771. The van der Waals surface area contributed by atoms with Crippen molar-refractivity contribution in [2.45, 2.75) is 85.0 Å². The van der Waals surface area contributed by atoms with Crippen molar-refractivity contribution in [2.24, 2.45) is 0 Å². The van der Waals surface area contributed by atoms with E-state index in [4.69, 9.17) is 4.74 Å². The topological polar surface area (TPSA) is 108 Å². The average molecular weight is 548 g/mol. The highest BCUT2D eigenvalue weighted by Crippen LogP contribution is 2.34. The van der Waals surface area contributed by atoms with Gasteiger partial charge in [0, 0.05) is 11.2 Å². The molecule has 0 heterocycles. The minimum atomic E-state index is -1.06. The summed E-state index contributed by atoms with van der Waals surface area (Å²) in [6.45, 7) is 14.2. The zero-order chi connectivity index (χ0) is 29.8. The van der Waals surface area contributed by atoms with E-state index >= 15 is 0 Å². The zero-order valence-corrected chi connectivity index (χ0v) is 24.7. The molecule has 0 aliphatic rings. The van der Waals surface area contributed by atoms with Gasteiger partial charge in [-0.25, -0.2) is 4.79 Å². The molecule has 2 atom stereocenters. The lowest BCUT2D eigenvalue weighted by Gasteiger charge is -2.44. The van der Waals surface area contributed by atoms with Gasteiger partial charge in [-0.05, 0) is 101 Å². The number of aryl methyl sites for hydroxylation is 1. The van der Waals surface area contributed by atoms with E-state index < -0.39 is 41.1 Å². The molecule has 3 aromatic carbocycles. The van der Waals surface area contributed by atoms with E-state index in [0.29, 0.717) is 23.2 Å². The summed E-state index contributed by atoms with van der Waals surface area (Å²) in [6, 6.07) is 16.3. The maximum Gasteiger partial charge on any atom is 0.408 e. The summed E-state index contributed by atoms with van der Waals surface area (Å²) < 4.78 is 5.36. The molecule has 214 valence electrons. The maximum atomic E-state index is 14.1. The van der Waals surface area contributed by atoms with Gasteiger partial charge in [-0.3, -0.25) is 9.59 Å². The van der Waals surface area contributed by atoms with Crippen LogP contribution in [0.1, 0.15) is 72.1 Å². The van der Waals surface area contributed by atoms with Crippen LogP contribution in [0.25, 0.3) is 10.8 Å². The average Bonchev–Trinajstić information content (AvgIpc) is 2.87. The van der Waals surface area contributed by atoms with Crippen LogP contribution in [0.4, 0.5) is 10.5 Å².